The van der Waals surface area contributed by atoms with E-state index in [9.17, 15) is 14.0 Å². The Morgan fingerprint density at radius 3 is 2.31 bits per heavy atom. The number of carbonyl (C=O) groups excluding carboxylic acids is 2. The van der Waals surface area contributed by atoms with Crippen molar-refractivity contribution < 1.29 is 14.0 Å². The molecule has 2 atom stereocenters. The van der Waals surface area contributed by atoms with Crippen molar-refractivity contribution in [3.8, 4) is 0 Å². The van der Waals surface area contributed by atoms with Crippen molar-refractivity contribution >= 4 is 35.0 Å². The molecule has 2 aliphatic carbocycles. The third-order valence-electron chi connectivity index (χ3n) is 7.23. The van der Waals surface area contributed by atoms with E-state index < -0.39 is 11.9 Å². The predicted octanol–water partition coefficient (Wildman–Crippen LogP) is 5.28. The van der Waals surface area contributed by atoms with Crippen molar-refractivity contribution in [3.63, 3.8) is 0 Å². The number of benzene rings is 1. The largest absolute Gasteiger partial charge is 0.368 e. The summed E-state index contributed by atoms with van der Waals surface area (Å²) in [4.78, 5) is 23.1. The molecule has 178 valence electrons. The number of nitrogens with one attached hydrogen (secondary N) is 2. The fourth-order valence-electron chi connectivity index (χ4n) is 5.25. The van der Waals surface area contributed by atoms with Crippen molar-refractivity contribution in [2.75, 3.05) is 6.54 Å². The Morgan fingerprint density at radius 2 is 1.78 bits per heavy atom. The van der Waals surface area contributed by atoms with Crippen LogP contribution in [0.3, 0.4) is 0 Å². The summed E-state index contributed by atoms with van der Waals surface area (Å²) in [5.41, 5.74) is 5.15. The highest BCUT2D eigenvalue weighted by Crippen LogP contribution is 2.50. The third-order valence-corrected chi connectivity index (χ3v) is 8.05. The first-order chi connectivity index (χ1) is 15.2. The summed E-state index contributed by atoms with van der Waals surface area (Å²) in [6.45, 7) is 3.06. The topological polar surface area (TPSA) is 84.2 Å². The van der Waals surface area contributed by atoms with E-state index >= 15 is 0 Å². The van der Waals surface area contributed by atoms with Gasteiger partial charge in [-0.1, -0.05) is 55.8 Å². The molecule has 0 radical (unpaired) electrons. The van der Waals surface area contributed by atoms with Crippen LogP contribution in [0, 0.1) is 17.2 Å². The summed E-state index contributed by atoms with van der Waals surface area (Å²) < 4.78 is 14.6. The Balaban J connectivity index is 0.000000305. The van der Waals surface area contributed by atoms with Crippen LogP contribution >= 0.6 is 23.2 Å². The SMILES string of the molecule is CC1(C(NC(=O)C2CCCC2)c2c(F)ccc(Cl)c2Cl)CCCC1.NC(=O)C1CCCN1. The van der Waals surface area contributed by atoms with Crippen molar-refractivity contribution in [1.29, 1.82) is 0 Å². The standard InChI is InChI=1S/C19H24Cl2FNO.C5H10N2O/c1-19(10-4-5-11-19)17(23-18(24)12-6-2-3-7-12)15-14(22)9-8-13(20)16(15)21;6-5(8)4-2-1-3-7-4/h8-9,12,17H,2-7,10-11H2,1H3,(H,23,24);4,7H,1-3H2,(H2,6,8). The Hall–Kier alpha value is -1.37. The van der Waals surface area contributed by atoms with Crippen LogP contribution in [0.1, 0.15) is 82.7 Å². The fourth-order valence-corrected chi connectivity index (χ4v) is 5.68. The molecule has 5 nitrogen and oxygen atoms in total. The molecule has 4 N–H and O–H groups in total. The van der Waals surface area contributed by atoms with Gasteiger partial charge in [0.2, 0.25) is 11.8 Å². The minimum absolute atomic E-state index is 0.0288. The first-order valence-electron chi connectivity index (χ1n) is 11.7. The lowest BCUT2D eigenvalue weighted by Gasteiger charge is -2.36. The van der Waals surface area contributed by atoms with Gasteiger partial charge in [-0.15, -0.1) is 0 Å². The molecule has 8 heteroatoms. The molecule has 2 unspecified atom stereocenters. The van der Waals surface area contributed by atoms with E-state index in [0.717, 1.165) is 70.8 Å². The predicted molar refractivity (Wildman–Crippen MR) is 126 cm³/mol. The Kier molecular flexibility index (Phi) is 8.82. The monoisotopic (exact) mass is 485 g/mol. The highest BCUT2D eigenvalue weighted by molar-refractivity contribution is 6.42. The minimum atomic E-state index is -0.431. The number of halogens is 3. The Labute approximate surface area is 200 Å². The molecular weight excluding hydrogens is 452 g/mol. The van der Waals surface area contributed by atoms with E-state index in [0.29, 0.717) is 10.6 Å². The van der Waals surface area contributed by atoms with Crippen LogP contribution in [-0.2, 0) is 9.59 Å². The lowest BCUT2D eigenvalue weighted by Crippen LogP contribution is -2.41. The molecule has 1 aromatic rings. The van der Waals surface area contributed by atoms with E-state index in [1.807, 2.05) is 0 Å². The summed E-state index contributed by atoms with van der Waals surface area (Å²) >= 11 is 12.5. The van der Waals surface area contributed by atoms with Crippen molar-refractivity contribution in [2.45, 2.75) is 83.2 Å². The molecule has 4 rings (SSSR count). The highest BCUT2D eigenvalue weighted by atomic mass is 35.5. The van der Waals surface area contributed by atoms with Crippen LogP contribution in [0.4, 0.5) is 4.39 Å². The summed E-state index contributed by atoms with van der Waals surface area (Å²) in [7, 11) is 0. The Bertz CT molecular complexity index is 818. The van der Waals surface area contributed by atoms with Crippen LogP contribution in [0.25, 0.3) is 0 Å². The van der Waals surface area contributed by atoms with Crippen LogP contribution < -0.4 is 16.4 Å². The van der Waals surface area contributed by atoms with Crippen molar-refractivity contribution in [2.24, 2.45) is 17.1 Å². The quantitative estimate of drug-likeness (QED) is 0.495. The van der Waals surface area contributed by atoms with Gasteiger partial charge >= 0.3 is 0 Å². The number of rotatable bonds is 5. The van der Waals surface area contributed by atoms with E-state index in [4.69, 9.17) is 28.9 Å². The molecule has 32 heavy (non-hydrogen) atoms. The molecule has 3 aliphatic rings. The summed E-state index contributed by atoms with van der Waals surface area (Å²) in [6.07, 6.45) is 10.1. The number of hydrogen-bond donors (Lipinski definition) is 3. The van der Waals surface area contributed by atoms with Gasteiger partial charge in [0, 0.05) is 11.5 Å². The van der Waals surface area contributed by atoms with Gasteiger partial charge in [-0.05, 0) is 62.6 Å². The fraction of sp³-hybridized carbons (Fsp3) is 0.667. The normalized spacial score (nSPS) is 23.4. The first-order valence-corrected chi connectivity index (χ1v) is 12.4. The van der Waals surface area contributed by atoms with E-state index in [-0.39, 0.29) is 34.2 Å². The molecule has 2 saturated carbocycles. The second-order valence-corrected chi connectivity index (χ2v) is 10.4. The third kappa shape index (κ3) is 5.95. The van der Waals surface area contributed by atoms with Gasteiger partial charge in [0.15, 0.2) is 0 Å². The van der Waals surface area contributed by atoms with Crippen LogP contribution in [0.5, 0.6) is 0 Å². The first kappa shape index (κ1) is 25.3. The number of primary amides is 1. The smallest absolute Gasteiger partial charge is 0.234 e. The maximum Gasteiger partial charge on any atom is 0.234 e. The van der Waals surface area contributed by atoms with Crippen molar-refractivity contribution in [1.82, 2.24) is 10.6 Å². The second-order valence-electron chi connectivity index (χ2n) is 9.59. The molecule has 1 saturated heterocycles. The number of carbonyl (C=O) groups is 2. The van der Waals surface area contributed by atoms with E-state index in [2.05, 4.69) is 17.6 Å². The van der Waals surface area contributed by atoms with Crippen molar-refractivity contribution in [3.05, 3.63) is 33.6 Å². The average Bonchev–Trinajstić information content (AvgIpc) is 3.53. The lowest BCUT2D eigenvalue weighted by molar-refractivity contribution is -0.126. The summed E-state index contributed by atoms with van der Waals surface area (Å²) in [6, 6.07) is 2.33. The molecule has 0 bridgehead atoms. The van der Waals surface area contributed by atoms with E-state index in [1.54, 1.807) is 0 Å². The Morgan fingerprint density at radius 1 is 1.12 bits per heavy atom. The summed E-state index contributed by atoms with van der Waals surface area (Å²) in [5, 5.41) is 6.68. The average molecular weight is 486 g/mol. The van der Waals surface area contributed by atoms with Gasteiger partial charge in [-0.25, -0.2) is 4.39 Å². The van der Waals surface area contributed by atoms with Gasteiger partial charge in [0.1, 0.15) is 5.82 Å². The van der Waals surface area contributed by atoms with Gasteiger partial charge in [0.25, 0.3) is 0 Å². The molecule has 0 aromatic heterocycles. The number of amides is 2. The maximum absolute atomic E-state index is 14.6. The minimum Gasteiger partial charge on any atom is -0.368 e. The zero-order chi connectivity index (χ0) is 23.3. The van der Waals surface area contributed by atoms with Crippen LogP contribution in [0.2, 0.25) is 10.0 Å². The van der Waals surface area contributed by atoms with Gasteiger partial charge in [-0.2, -0.15) is 0 Å². The van der Waals surface area contributed by atoms with Crippen LogP contribution in [-0.4, -0.2) is 24.4 Å². The lowest BCUT2D eigenvalue weighted by atomic mass is 9.76. The second kappa shape index (κ2) is 11.2. The summed E-state index contributed by atoms with van der Waals surface area (Å²) in [5.74, 6) is -0.545. The highest BCUT2D eigenvalue weighted by Gasteiger charge is 2.42. The molecule has 1 aliphatic heterocycles. The van der Waals surface area contributed by atoms with Gasteiger partial charge in [-0.3, -0.25) is 9.59 Å². The zero-order valence-electron chi connectivity index (χ0n) is 18.7. The molecule has 1 aromatic carbocycles. The number of nitrogens with two attached hydrogens (primary N) is 1. The van der Waals surface area contributed by atoms with Gasteiger partial charge < -0.3 is 16.4 Å². The molecule has 0 spiro atoms. The van der Waals surface area contributed by atoms with Gasteiger partial charge in [0.05, 0.1) is 22.1 Å². The molecule has 3 fully saturated rings. The zero-order valence-corrected chi connectivity index (χ0v) is 20.2. The molecule has 2 amide bonds. The molecular formula is C24H34Cl2FN3O2. The maximum atomic E-state index is 14.6. The van der Waals surface area contributed by atoms with E-state index in [1.165, 1.54) is 12.1 Å². The molecule has 1 heterocycles. The van der Waals surface area contributed by atoms with Crippen LogP contribution in [0.15, 0.2) is 12.1 Å². The number of hydrogen-bond acceptors (Lipinski definition) is 3.